The van der Waals surface area contributed by atoms with Crippen molar-refractivity contribution in [1.82, 2.24) is 10.2 Å². The van der Waals surface area contributed by atoms with Crippen molar-refractivity contribution in [2.75, 3.05) is 51.3 Å². The number of piperazine rings is 1. The van der Waals surface area contributed by atoms with E-state index in [2.05, 4.69) is 21.2 Å². The van der Waals surface area contributed by atoms with E-state index in [1.807, 2.05) is 18.2 Å². The van der Waals surface area contributed by atoms with Crippen molar-refractivity contribution < 1.29 is 22.7 Å². The molecule has 8 heteroatoms. The maximum atomic E-state index is 12.6. The van der Waals surface area contributed by atoms with Gasteiger partial charge >= 0.3 is 6.18 Å². The summed E-state index contributed by atoms with van der Waals surface area (Å²) >= 11 is 0. The molecule has 0 spiro atoms. The monoisotopic (exact) mass is 407 g/mol. The maximum Gasteiger partial charge on any atom is 0.416 e. The van der Waals surface area contributed by atoms with Crippen molar-refractivity contribution in [2.24, 2.45) is 0 Å². The molecule has 156 valence electrons. The van der Waals surface area contributed by atoms with Crippen LogP contribution in [0.15, 0.2) is 48.5 Å². The molecule has 1 saturated heterocycles. The number of hydrogen-bond acceptors (Lipinski definition) is 4. The van der Waals surface area contributed by atoms with Gasteiger partial charge in [0.05, 0.1) is 12.7 Å². The van der Waals surface area contributed by atoms with Crippen molar-refractivity contribution in [3.05, 3.63) is 59.7 Å². The molecule has 0 bridgehead atoms. The zero-order valence-corrected chi connectivity index (χ0v) is 16.2. The Morgan fingerprint density at radius 3 is 2.38 bits per heavy atom. The maximum absolute atomic E-state index is 12.6. The fourth-order valence-corrected chi connectivity index (χ4v) is 3.28. The molecule has 0 aliphatic carbocycles. The first-order valence-electron chi connectivity index (χ1n) is 9.43. The van der Waals surface area contributed by atoms with E-state index in [0.29, 0.717) is 13.1 Å². The number of benzene rings is 2. The van der Waals surface area contributed by atoms with Crippen LogP contribution < -0.4 is 15.0 Å². The van der Waals surface area contributed by atoms with Crippen LogP contribution in [0.3, 0.4) is 0 Å². The van der Waals surface area contributed by atoms with Crippen LogP contribution in [-0.2, 0) is 6.18 Å². The van der Waals surface area contributed by atoms with Crippen LogP contribution in [-0.4, -0.2) is 57.2 Å². The van der Waals surface area contributed by atoms with Gasteiger partial charge in [0.2, 0.25) is 0 Å². The number of anilines is 1. The number of rotatable bonds is 6. The number of carbonyl (C=O) groups is 1. The molecule has 0 atom stereocenters. The average molecular weight is 407 g/mol. The molecule has 0 unspecified atom stereocenters. The van der Waals surface area contributed by atoms with Gasteiger partial charge in [-0.3, -0.25) is 9.69 Å². The smallest absolute Gasteiger partial charge is 0.416 e. The van der Waals surface area contributed by atoms with E-state index in [9.17, 15) is 18.0 Å². The SMILES string of the molecule is COc1cccc(N2CCN(CCNC(=O)c3ccc(C(F)(F)F)cc3)CC2)c1. The predicted molar refractivity (Wildman–Crippen MR) is 105 cm³/mol. The van der Waals surface area contributed by atoms with Crippen LogP contribution in [0.5, 0.6) is 5.75 Å². The Morgan fingerprint density at radius 2 is 1.76 bits per heavy atom. The minimum atomic E-state index is -4.40. The molecule has 1 fully saturated rings. The Balaban J connectivity index is 1.42. The zero-order valence-electron chi connectivity index (χ0n) is 16.2. The molecule has 3 rings (SSSR count). The third kappa shape index (κ3) is 5.63. The minimum absolute atomic E-state index is 0.223. The van der Waals surface area contributed by atoms with Gasteiger partial charge < -0.3 is 15.0 Å². The number of alkyl halides is 3. The molecule has 2 aromatic rings. The van der Waals surface area contributed by atoms with Gasteiger partial charge in [-0.15, -0.1) is 0 Å². The second-order valence-electron chi connectivity index (χ2n) is 6.86. The van der Waals surface area contributed by atoms with Gasteiger partial charge in [-0.2, -0.15) is 13.2 Å². The fraction of sp³-hybridized carbons (Fsp3) is 0.381. The number of halogens is 3. The summed E-state index contributed by atoms with van der Waals surface area (Å²) < 4.78 is 43.0. The molecule has 5 nitrogen and oxygen atoms in total. The summed E-state index contributed by atoms with van der Waals surface area (Å²) in [6.45, 7) is 4.62. The van der Waals surface area contributed by atoms with E-state index in [4.69, 9.17) is 4.74 Å². The van der Waals surface area contributed by atoms with Crippen molar-refractivity contribution >= 4 is 11.6 Å². The number of hydrogen-bond donors (Lipinski definition) is 1. The normalized spacial score (nSPS) is 15.2. The lowest BCUT2D eigenvalue weighted by Crippen LogP contribution is -2.48. The van der Waals surface area contributed by atoms with Gasteiger partial charge in [-0.05, 0) is 36.4 Å². The Morgan fingerprint density at radius 1 is 1.07 bits per heavy atom. The first-order valence-corrected chi connectivity index (χ1v) is 9.43. The molecule has 0 aromatic heterocycles. The lowest BCUT2D eigenvalue weighted by Gasteiger charge is -2.36. The van der Waals surface area contributed by atoms with E-state index in [0.717, 1.165) is 49.7 Å². The molecule has 1 amide bonds. The summed E-state index contributed by atoms with van der Waals surface area (Å²) in [5.74, 6) is 0.463. The third-order valence-electron chi connectivity index (χ3n) is 4.98. The summed E-state index contributed by atoms with van der Waals surface area (Å²) in [6, 6.07) is 12.2. The average Bonchev–Trinajstić information content (AvgIpc) is 2.73. The molecule has 1 heterocycles. The summed E-state index contributed by atoms with van der Waals surface area (Å²) in [5.41, 5.74) is 0.586. The fourth-order valence-electron chi connectivity index (χ4n) is 3.28. The van der Waals surface area contributed by atoms with E-state index < -0.39 is 11.7 Å². The molecule has 0 radical (unpaired) electrons. The summed E-state index contributed by atoms with van der Waals surface area (Å²) in [4.78, 5) is 16.7. The number of nitrogens with zero attached hydrogens (tertiary/aromatic N) is 2. The molecule has 2 aromatic carbocycles. The second kappa shape index (κ2) is 9.17. The van der Waals surface area contributed by atoms with Gasteiger partial charge in [0, 0.05) is 56.6 Å². The topological polar surface area (TPSA) is 44.8 Å². The highest BCUT2D eigenvalue weighted by molar-refractivity contribution is 5.94. The largest absolute Gasteiger partial charge is 0.497 e. The Kier molecular flexibility index (Phi) is 6.64. The number of methoxy groups -OCH3 is 1. The molecule has 1 N–H and O–H groups in total. The van der Waals surface area contributed by atoms with Gasteiger partial charge in [0.15, 0.2) is 0 Å². The predicted octanol–water partition coefficient (Wildman–Crippen LogP) is 3.27. The third-order valence-corrected chi connectivity index (χ3v) is 4.98. The van der Waals surface area contributed by atoms with Crippen molar-refractivity contribution in [2.45, 2.75) is 6.18 Å². The van der Waals surface area contributed by atoms with Gasteiger partial charge in [0.25, 0.3) is 5.91 Å². The van der Waals surface area contributed by atoms with Crippen molar-refractivity contribution in [3.63, 3.8) is 0 Å². The number of carbonyl (C=O) groups excluding carboxylic acids is 1. The van der Waals surface area contributed by atoms with Crippen LogP contribution >= 0.6 is 0 Å². The van der Waals surface area contributed by atoms with Crippen LogP contribution in [0, 0.1) is 0 Å². The molecule has 1 aliphatic rings. The van der Waals surface area contributed by atoms with Gasteiger partial charge in [0.1, 0.15) is 5.75 Å². The second-order valence-corrected chi connectivity index (χ2v) is 6.86. The van der Waals surface area contributed by atoms with Crippen LogP contribution in [0.2, 0.25) is 0 Å². The highest BCUT2D eigenvalue weighted by Gasteiger charge is 2.30. The highest BCUT2D eigenvalue weighted by atomic mass is 19.4. The number of nitrogens with one attached hydrogen (secondary N) is 1. The number of amides is 1. The lowest BCUT2D eigenvalue weighted by atomic mass is 10.1. The Labute approximate surface area is 168 Å². The Hall–Kier alpha value is -2.74. The van der Waals surface area contributed by atoms with E-state index >= 15 is 0 Å². The standard InChI is InChI=1S/C21H24F3N3O2/c1-29-19-4-2-3-18(15-19)27-13-11-26(12-14-27)10-9-25-20(28)16-5-7-17(8-6-16)21(22,23)24/h2-8,15H,9-14H2,1H3,(H,25,28). The summed E-state index contributed by atoms with van der Waals surface area (Å²) in [6.07, 6.45) is -4.40. The van der Waals surface area contributed by atoms with Gasteiger partial charge in [-0.1, -0.05) is 6.07 Å². The molecule has 0 saturated carbocycles. The zero-order chi connectivity index (χ0) is 20.9. The van der Waals surface area contributed by atoms with E-state index in [1.54, 1.807) is 7.11 Å². The summed E-state index contributed by atoms with van der Waals surface area (Å²) in [7, 11) is 1.65. The minimum Gasteiger partial charge on any atom is -0.497 e. The van der Waals surface area contributed by atoms with Crippen molar-refractivity contribution in [1.29, 1.82) is 0 Å². The van der Waals surface area contributed by atoms with Crippen LogP contribution in [0.1, 0.15) is 15.9 Å². The van der Waals surface area contributed by atoms with Crippen LogP contribution in [0.25, 0.3) is 0 Å². The lowest BCUT2D eigenvalue weighted by molar-refractivity contribution is -0.137. The first kappa shape index (κ1) is 21.0. The molecule has 29 heavy (non-hydrogen) atoms. The summed E-state index contributed by atoms with van der Waals surface area (Å²) in [5, 5.41) is 2.77. The van der Waals surface area contributed by atoms with Crippen LogP contribution in [0.4, 0.5) is 18.9 Å². The number of ether oxygens (including phenoxy) is 1. The van der Waals surface area contributed by atoms with Crippen molar-refractivity contribution in [3.8, 4) is 5.75 Å². The van der Waals surface area contributed by atoms with E-state index in [-0.39, 0.29) is 11.5 Å². The quantitative estimate of drug-likeness (QED) is 0.799. The molecular weight excluding hydrogens is 383 g/mol. The Bertz CT molecular complexity index is 817. The van der Waals surface area contributed by atoms with E-state index in [1.165, 1.54) is 12.1 Å². The molecule has 1 aliphatic heterocycles. The highest BCUT2D eigenvalue weighted by Crippen LogP contribution is 2.29. The van der Waals surface area contributed by atoms with Gasteiger partial charge in [-0.25, -0.2) is 0 Å². The molecular formula is C21H24F3N3O2. The first-order chi connectivity index (χ1) is 13.9.